The molecule has 0 saturated carbocycles. The largest absolute Gasteiger partial charge is 0.495 e. The highest BCUT2D eigenvalue weighted by molar-refractivity contribution is 9.10. The van der Waals surface area contributed by atoms with Crippen LogP contribution in [0.5, 0.6) is 5.75 Å². The number of aliphatic carboxylic acids is 8. The molecule has 8 N–H and O–H groups in total. The Morgan fingerprint density at radius 1 is 0.410 bits per heavy atom. The number of carbonyl (C=O) groups is 8. The Morgan fingerprint density at radius 2 is 0.820 bits per heavy atom. The third-order valence-electron chi connectivity index (χ3n) is 11.5. The van der Waals surface area contributed by atoms with Gasteiger partial charge in [0, 0.05) is 112 Å². The zero-order valence-corrected chi connectivity index (χ0v) is 61.1. The van der Waals surface area contributed by atoms with Crippen molar-refractivity contribution in [3.05, 3.63) is 257 Å². The predicted molar refractivity (Wildman–Crippen MR) is 414 cm³/mol. The smallest absolute Gasteiger partial charge is 0.328 e. The standard InChI is InChI=1S/C12H10O3S.2C11H8O2S.C8H5NO2S.3C8H8O2S.C7H5BrO2S/c1-15-10-4-2-3-8-7-9(16-12(8)10)5-6-11(13)14;2*12-11(13)6-5-9-7-8-3-1-2-4-10(8)14-9;9-5-7-2-1-6(12-7)3-4-8(10)11;1-6-4-7(11-5-6)2-3-8(9)10;1-6-4-5-11-7(6)2-3-8(9)10;1-6-2-3-7(11-6)4-5-8(9)10;8-5-3-6(11-4-5)1-2-7(9)10/h2-7H,1H3,(H,13,14);2*1-7H,(H,12,13);1-4H,(H,10,11);3*2-5H,1H3,(H,9,10);1-4H,(H,9,10)/b3*6-5+;4-3+;2*3-2+;5-4+;2-1+. The van der Waals surface area contributed by atoms with Crippen LogP contribution in [0.3, 0.4) is 0 Å². The number of hydrogen-bond donors (Lipinski definition) is 8. The van der Waals surface area contributed by atoms with Crippen LogP contribution in [0, 0.1) is 32.1 Å². The van der Waals surface area contributed by atoms with Gasteiger partial charge in [-0.3, -0.25) is 0 Å². The molecule has 11 rings (SSSR count). The van der Waals surface area contributed by atoms with E-state index in [9.17, 15) is 38.4 Å². The number of nitriles is 1. The average molecular weight is 1560 g/mol. The second kappa shape index (κ2) is 44.4. The van der Waals surface area contributed by atoms with Gasteiger partial charge in [-0.1, -0.05) is 48.5 Å². The molecule has 0 unspecified atom stereocenters. The van der Waals surface area contributed by atoms with E-state index in [0.29, 0.717) is 4.88 Å². The minimum Gasteiger partial charge on any atom is -0.495 e. The van der Waals surface area contributed by atoms with Crippen LogP contribution in [0.25, 0.3) is 78.9 Å². The summed E-state index contributed by atoms with van der Waals surface area (Å²) in [5, 5.41) is 84.6. The molecule has 3 aromatic carbocycles. The SMILES string of the molecule is COc1cccc2cc(/C=C/C(=O)O)sc12.Cc1ccc(/C=C/C(=O)O)s1.Cc1ccsc1/C=C/C(=O)O.Cc1csc(/C=C/C(=O)O)c1.N#Cc1ccc(/C=C/C(=O)O)s1.O=C(O)/C=C/c1cc(Br)cs1.O=C(O)/C=C/c1cc2ccccc2s1.O=C(O)/C=C/c1cc2ccccc2s1. The first-order valence-electron chi connectivity index (χ1n) is 28.4. The number of thiophene rings is 8. The van der Waals surface area contributed by atoms with Gasteiger partial charge in [-0.25, -0.2) is 38.4 Å². The van der Waals surface area contributed by atoms with Gasteiger partial charge in [0.1, 0.15) is 16.7 Å². The molecule has 11 aromatic rings. The number of rotatable bonds is 17. The first-order chi connectivity index (χ1) is 47.7. The number of carboxylic acids is 8. The van der Waals surface area contributed by atoms with Gasteiger partial charge < -0.3 is 45.6 Å². The third-order valence-corrected chi connectivity index (χ3v) is 20.4. The monoisotopic (exact) mass is 1560 g/mol. The number of halogens is 1. The van der Waals surface area contributed by atoms with Crippen molar-refractivity contribution in [1.82, 2.24) is 0 Å². The molecule has 0 fully saturated rings. The molecule has 100 heavy (non-hydrogen) atoms. The second-order valence-electron chi connectivity index (χ2n) is 19.2. The highest BCUT2D eigenvalue weighted by Crippen LogP contribution is 2.34. The molecule has 0 amide bonds. The number of aryl methyl sites for hydroxylation is 3. The van der Waals surface area contributed by atoms with Crippen molar-refractivity contribution >= 4 is 233 Å². The van der Waals surface area contributed by atoms with Gasteiger partial charge in [-0.15, -0.1) is 90.7 Å². The summed E-state index contributed by atoms with van der Waals surface area (Å²) in [4.78, 5) is 90.8. The number of carboxylic acid groups (broad SMARTS) is 8. The molecule has 0 saturated heterocycles. The van der Waals surface area contributed by atoms with Crippen molar-refractivity contribution in [2.75, 3.05) is 7.11 Å². The van der Waals surface area contributed by atoms with Gasteiger partial charge in [0.25, 0.3) is 0 Å². The molecule has 18 nitrogen and oxygen atoms in total. The van der Waals surface area contributed by atoms with E-state index in [1.165, 1.54) is 59.9 Å². The van der Waals surface area contributed by atoms with E-state index < -0.39 is 47.8 Å². The van der Waals surface area contributed by atoms with E-state index in [1.54, 1.807) is 118 Å². The summed E-state index contributed by atoms with van der Waals surface area (Å²) in [5.74, 6) is -6.58. The lowest BCUT2D eigenvalue weighted by Gasteiger charge is -1.98. The zero-order chi connectivity index (χ0) is 73.5. The Hall–Kier alpha value is -10.5. The molecular formula is C73H60BrNO17S8. The van der Waals surface area contributed by atoms with Gasteiger partial charge >= 0.3 is 47.8 Å². The summed E-state index contributed by atoms with van der Waals surface area (Å²) in [6, 6.07) is 42.7. The van der Waals surface area contributed by atoms with Crippen LogP contribution in [-0.4, -0.2) is 95.7 Å². The van der Waals surface area contributed by atoms with Gasteiger partial charge in [0.15, 0.2) is 0 Å². The van der Waals surface area contributed by atoms with Crippen LogP contribution in [0.2, 0.25) is 0 Å². The van der Waals surface area contributed by atoms with Crippen LogP contribution in [0.4, 0.5) is 0 Å². The zero-order valence-electron chi connectivity index (χ0n) is 52.9. The normalized spacial score (nSPS) is 10.8. The van der Waals surface area contributed by atoms with Crippen molar-refractivity contribution in [3.63, 3.8) is 0 Å². The Kier molecular flexibility index (Phi) is 36.4. The van der Waals surface area contributed by atoms with Gasteiger partial charge in [-0.2, -0.15) is 5.26 Å². The van der Waals surface area contributed by atoms with E-state index in [0.717, 1.165) is 124 Å². The lowest BCUT2D eigenvalue weighted by Crippen LogP contribution is -1.84. The predicted octanol–water partition coefficient (Wildman–Crippen LogP) is 19.8. The molecule has 0 radical (unpaired) electrons. The maximum absolute atomic E-state index is 10.4. The quantitative estimate of drug-likeness (QED) is 0.0393. The van der Waals surface area contributed by atoms with Gasteiger partial charge in [0.05, 0.1) is 11.8 Å². The lowest BCUT2D eigenvalue weighted by atomic mass is 10.2. The number of hydrogen-bond acceptors (Lipinski definition) is 18. The molecule has 0 aliphatic heterocycles. The van der Waals surface area contributed by atoms with Gasteiger partial charge in [0.2, 0.25) is 0 Å². The van der Waals surface area contributed by atoms with E-state index in [4.69, 9.17) is 50.9 Å². The van der Waals surface area contributed by atoms with Crippen molar-refractivity contribution in [1.29, 1.82) is 5.26 Å². The molecule has 0 aliphatic rings. The Balaban J connectivity index is 0.000000243. The average Bonchev–Trinajstić information content (AvgIpc) is 1.64. The van der Waals surface area contributed by atoms with Crippen molar-refractivity contribution in [3.8, 4) is 11.8 Å². The Morgan fingerprint density at radius 3 is 1.21 bits per heavy atom. The van der Waals surface area contributed by atoms with E-state index in [1.807, 2.05) is 158 Å². The molecule has 0 atom stereocenters. The Labute approximate surface area is 613 Å². The minimum atomic E-state index is -0.984. The molecule has 0 aliphatic carbocycles. The number of fused-ring (bicyclic) bond motifs is 3. The highest BCUT2D eigenvalue weighted by Gasteiger charge is 2.06. The summed E-state index contributed by atoms with van der Waals surface area (Å²) in [7, 11) is 1.63. The summed E-state index contributed by atoms with van der Waals surface area (Å²) < 4.78 is 9.61. The number of ether oxygens (including phenoxy) is 1. The lowest BCUT2D eigenvalue weighted by molar-refractivity contribution is -0.132. The maximum atomic E-state index is 10.4. The van der Waals surface area contributed by atoms with Crippen LogP contribution in [0.1, 0.15) is 59.9 Å². The number of nitrogens with zero attached hydrogens (tertiary/aromatic N) is 1. The van der Waals surface area contributed by atoms with Crippen LogP contribution in [-0.2, 0) is 38.4 Å². The minimum absolute atomic E-state index is 0.583. The highest BCUT2D eigenvalue weighted by atomic mass is 79.9. The number of benzene rings is 3. The van der Waals surface area contributed by atoms with Crippen LogP contribution >= 0.6 is 107 Å². The fourth-order valence-electron chi connectivity index (χ4n) is 7.25. The Bertz CT molecular complexity index is 4550. The van der Waals surface area contributed by atoms with Crippen LogP contribution < -0.4 is 4.74 Å². The summed E-state index contributed by atoms with van der Waals surface area (Å²) in [6.45, 7) is 5.93. The fourth-order valence-corrected chi connectivity index (χ4v) is 14.7. The fraction of sp³-hybridized carbons (Fsp3) is 0.0548. The first kappa shape index (κ1) is 81.9. The molecule has 0 bridgehead atoms. The van der Waals surface area contributed by atoms with Crippen molar-refractivity contribution in [2.45, 2.75) is 20.8 Å². The summed E-state index contributed by atoms with van der Waals surface area (Å²) in [6.07, 6.45) is 21.7. The number of methoxy groups -OCH3 is 1. The topological polar surface area (TPSA) is 331 Å². The van der Waals surface area contributed by atoms with E-state index in [2.05, 4.69) is 15.9 Å². The third kappa shape index (κ3) is 33.6. The maximum Gasteiger partial charge on any atom is 0.328 e. The molecular weight excluding hydrogens is 1500 g/mol. The van der Waals surface area contributed by atoms with E-state index in [-0.39, 0.29) is 0 Å². The molecule has 27 heteroatoms. The molecule has 8 aromatic heterocycles. The first-order valence-corrected chi connectivity index (χ1v) is 35.9. The summed E-state index contributed by atoms with van der Waals surface area (Å²) in [5.41, 5.74) is 2.28. The molecule has 0 spiro atoms. The summed E-state index contributed by atoms with van der Waals surface area (Å²) >= 11 is 15.4. The molecule has 8 heterocycles. The van der Waals surface area contributed by atoms with Crippen molar-refractivity contribution < 1.29 is 83.9 Å². The van der Waals surface area contributed by atoms with Gasteiger partial charge in [-0.05, 0) is 202 Å². The van der Waals surface area contributed by atoms with Crippen LogP contribution in [0.15, 0.2) is 197 Å². The molecule has 514 valence electrons. The van der Waals surface area contributed by atoms with Crippen molar-refractivity contribution in [2.24, 2.45) is 0 Å². The van der Waals surface area contributed by atoms with E-state index >= 15 is 0 Å². The second-order valence-corrected chi connectivity index (χ2v) is 28.7.